The SMILES string of the molecule is C/C(=N/C(=N)N)C(=N)c1ccncc1. The monoisotopic (exact) mass is 189 g/mol. The quantitative estimate of drug-likeness (QED) is 0.473. The predicted octanol–water partition coefficient (Wildman–Crippen LogP) is 0.804. The van der Waals surface area contributed by atoms with Gasteiger partial charge in [0.2, 0.25) is 5.96 Å². The summed E-state index contributed by atoms with van der Waals surface area (Å²) in [5.41, 5.74) is 6.48. The van der Waals surface area contributed by atoms with Crippen LogP contribution >= 0.6 is 0 Å². The number of guanidine groups is 1. The number of hydrogen-bond donors (Lipinski definition) is 3. The molecule has 5 nitrogen and oxygen atoms in total. The van der Waals surface area contributed by atoms with Gasteiger partial charge in [-0.2, -0.15) is 0 Å². The molecule has 1 heterocycles. The summed E-state index contributed by atoms with van der Waals surface area (Å²) in [6.45, 7) is 1.64. The summed E-state index contributed by atoms with van der Waals surface area (Å²) in [5.74, 6) is -0.290. The number of nitrogens with two attached hydrogens (primary N) is 1. The number of aromatic nitrogens is 1. The first-order valence-corrected chi connectivity index (χ1v) is 4.00. The van der Waals surface area contributed by atoms with Gasteiger partial charge in [0.05, 0.1) is 11.4 Å². The molecule has 0 saturated heterocycles. The van der Waals surface area contributed by atoms with Crippen molar-refractivity contribution in [3.63, 3.8) is 0 Å². The van der Waals surface area contributed by atoms with Crippen molar-refractivity contribution in [2.24, 2.45) is 10.7 Å². The largest absolute Gasteiger partial charge is 0.368 e. The molecule has 0 radical (unpaired) electrons. The molecule has 0 aliphatic carbocycles. The van der Waals surface area contributed by atoms with Crippen molar-refractivity contribution < 1.29 is 0 Å². The number of rotatable bonds is 2. The molecular formula is C9H11N5. The van der Waals surface area contributed by atoms with Crippen LogP contribution in [0.2, 0.25) is 0 Å². The minimum atomic E-state index is -0.290. The molecule has 1 aromatic rings. The van der Waals surface area contributed by atoms with Gasteiger partial charge in [-0.15, -0.1) is 0 Å². The van der Waals surface area contributed by atoms with Gasteiger partial charge in [-0.3, -0.25) is 15.8 Å². The van der Waals surface area contributed by atoms with E-state index in [2.05, 4.69) is 9.98 Å². The van der Waals surface area contributed by atoms with Gasteiger partial charge in [-0.25, -0.2) is 4.99 Å². The van der Waals surface area contributed by atoms with Crippen molar-refractivity contribution in [2.75, 3.05) is 0 Å². The molecule has 0 saturated carbocycles. The molecule has 0 fully saturated rings. The zero-order valence-corrected chi connectivity index (χ0v) is 7.78. The normalized spacial score (nSPS) is 11.1. The Morgan fingerprint density at radius 1 is 1.36 bits per heavy atom. The number of pyridine rings is 1. The second-order valence-electron chi connectivity index (χ2n) is 2.69. The van der Waals surface area contributed by atoms with Gasteiger partial charge in [0.1, 0.15) is 0 Å². The second-order valence-corrected chi connectivity index (χ2v) is 2.69. The van der Waals surface area contributed by atoms with Crippen LogP contribution in [0.3, 0.4) is 0 Å². The Balaban J connectivity index is 2.92. The zero-order valence-electron chi connectivity index (χ0n) is 7.78. The molecule has 4 N–H and O–H groups in total. The Kier molecular flexibility index (Phi) is 3.06. The standard InChI is InChI=1S/C9H11N5/c1-6(14-9(11)12)8(10)7-2-4-13-5-3-7/h2-5,10H,1H3,(H3,11,12)/b10-8?,14-6-. The van der Waals surface area contributed by atoms with E-state index in [1.807, 2.05) is 0 Å². The van der Waals surface area contributed by atoms with Crippen molar-refractivity contribution in [1.29, 1.82) is 10.8 Å². The van der Waals surface area contributed by atoms with Crippen LogP contribution < -0.4 is 5.73 Å². The summed E-state index contributed by atoms with van der Waals surface area (Å²) in [5, 5.41) is 14.7. The molecule has 0 spiro atoms. The summed E-state index contributed by atoms with van der Waals surface area (Å²) in [6, 6.07) is 3.42. The Morgan fingerprint density at radius 2 is 1.93 bits per heavy atom. The van der Waals surface area contributed by atoms with Crippen LogP contribution in [0.1, 0.15) is 12.5 Å². The van der Waals surface area contributed by atoms with Gasteiger partial charge in [0, 0.05) is 18.0 Å². The predicted molar refractivity (Wildman–Crippen MR) is 56.1 cm³/mol. The lowest BCUT2D eigenvalue weighted by Gasteiger charge is -2.01. The van der Waals surface area contributed by atoms with Crippen LogP contribution in [0, 0.1) is 10.8 Å². The molecule has 14 heavy (non-hydrogen) atoms. The van der Waals surface area contributed by atoms with Crippen LogP contribution in [-0.4, -0.2) is 22.4 Å². The van der Waals surface area contributed by atoms with E-state index in [0.717, 1.165) is 0 Å². The van der Waals surface area contributed by atoms with Gasteiger partial charge >= 0.3 is 0 Å². The zero-order chi connectivity index (χ0) is 10.6. The van der Waals surface area contributed by atoms with Gasteiger partial charge in [-0.05, 0) is 19.1 Å². The summed E-state index contributed by atoms with van der Waals surface area (Å²) < 4.78 is 0. The highest BCUT2D eigenvalue weighted by molar-refractivity contribution is 6.47. The Hall–Kier alpha value is -2.04. The third-order valence-corrected chi connectivity index (χ3v) is 1.62. The highest BCUT2D eigenvalue weighted by Gasteiger charge is 2.04. The molecule has 0 aliphatic rings. The molecule has 1 aromatic heterocycles. The molecule has 0 amide bonds. The fraction of sp³-hybridized carbons (Fsp3) is 0.111. The van der Waals surface area contributed by atoms with Crippen LogP contribution in [0.5, 0.6) is 0 Å². The Bertz CT molecular complexity index is 379. The van der Waals surface area contributed by atoms with Crippen molar-refractivity contribution in [3.05, 3.63) is 30.1 Å². The van der Waals surface area contributed by atoms with Gasteiger partial charge in [-0.1, -0.05) is 0 Å². The lowest BCUT2D eigenvalue weighted by atomic mass is 10.1. The first-order valence-electron chi connectivity index (χ1n) is 4.00. The maximum atomic E-state index is 7.72. The number of aliphatic imine (C=N–C) groups is 1. The fourth-order valence-corrected chi connectivity index (χ4v) is 0.964. The fourth-order valence-electron chi connectivity index (χ4n) is 0.964. The van der Waals surface area contributed by atoms with Gasteiger partial charge < -0.3 is 5.73 Å². The Morgan fingerprint density at radius 3 is 2.43 bits per heavy atom. The van der Waals surface area contributed by atoms with E-state index in [1.165, 1.54) is 0 Å². The van der Waals surface area contributed by atoms with E-state index >= 15 is 0 Å². The first-order chi connectivity index (χ1) is 6.61. The second kappa shape index (κ2) is 4.27. The minimum absolute atomic E-state index is 0.252. The average molecular weight is 189 g/mol. The van der Waals surface area contributed by atoms with E-state index in [9.17, 15) is 0 Å². The Labute approximate surface area is 81.7 Å². The lowest BCUT2D eigenvalue weighted by molar-refractivity contribution is 1.32. The number of hydrogen-bond acceptors (Lipinski definition) is 3. The van der Waals surface area contributed by atoms with E-state index in [4.69, 9.17) is 16.6 Å². The summed E-state index contributed by atoms with van der Waals surface area (Å²) in [6.07, 6.45) is 3.20. The molecule has 0 unspecified atom stereocenters. The molecule has 0 atom stereocenters. The van der Waals surface area contributed by atoms with Crippen molar-refractivity contribution in [2.45, 2.75) is 6.92 Å². The van der Waals surface area contributed by atoms with E-state index in [-0.39, 0.29) is 11.7 Å². The smallest absolute Gasteiger partial charge is 0.212 e. The molecule has 0 aliphatic heterocycles. The van der Waals surface area contributed by atoms with Crippen molar-refractivity contribution in [1.82, 2.24) is 4.98 Å². The van der Waals surface area contributed by atoms with Crippen LogP contribution in [0.25, 0.3) is 0 Å². The van der Waals surface area contributed by atoms with E-state index in [0.29, 0.717) is 11.3 Å². The molecule has 1 rings (SSSR count). The molecular weight excluding hydrogens is 178 g/mol. The number of nitrogens with one attached hydrogen (secondary N) is 2. The van der Waals surface area contributed by atoms with Crippen molar-refractivity contribution >= 4 is 17.4 Å². The highest BCUT2D eigenvalue weighted by Crippen LogP contribution is 1.99. The molecule has 0 aromatic carbocycles. The van der Waals surface area contributed by atoms with Crippen LogP contribution in [0.15, 0.2) is 29.5 Å². The lowest BCUT2D eigenvalue weighted by Crippen LogP contribution is -2.16. The summed E-state index contributed by atoms with van der Waals surface area (Å²) in [4.78, 5) is 7.53. The summed E-state index contributed by atoms with van der Waals surface area (Å²) >= 11 is 0. The number of nitrogens with zero attached hydrogens (tertiary/aromatic N) is 2. The third-order valence-electron chi connectivity index (χ3n) is 1.62. The minimum Gasteiger partial charge on any atom is -0.368 e. The van der Waals surface area contributed by atoms with Crippen LogP contribution in [0.4, 0.5) is 0 Å². The van der Waals surface area contributed by atoms with Gasteiger partial charge in [0.25, 0.3) is 0 Å². The topological polar surface area (TPSA) is 99.0 Å². The average Bonchev–Trinajstić information content (AvgIpc) is 2.17. The van der Waals surface area contributed by atoms with E-state index in [1.54, 1.807) is 31.5 Å². The maximum Gasteiger partial charge on any atom is 0.212 e. The van der Waals surface area contributed by atoms with Crippen molar-refractivity contribution in [3.8, 4) is 0 Å². The van der Waals surface area contributed by atoms with E-state index < -0.39 is 0 Å². The summed E-state index contributed by atoms with van der Waals surface area (Å²) in [7, 11) is 0. The highest BCUT2D eigenvalue weighted by atomic mass is 15.0. The maximum absolute atomic E-state index is 7.72. The van der Waals surface area contributed by atoms with Gasteiger partial charge in [0.15, 0.2) is 0 Å². The molecule has 5 heteroatoms. The molecule has 72 valence electrons. The third kappa shape index (κ3) is 2.48. The van der Waals surface area contributed by atoms with Crippen LogP contribution in [-0.2, 0) is 0 Å². The molecule has 0 bridgehead atoms. The first kappa shape index (κ1) is 10.0.